The van der Waals surface area contributed by atoms with Crippen LogP contribution in [0.3, 0.4) is 0 Å². The maximum absolute atomic E-state index is 12.8. The summed E-state index contributed by atoms with van der Waals surface area (Å²) in [4.78, 5) is 27.3. The van der Waals surface area contributed by atoms with Crippen molar-refractivity contribution in [1.82, 2.24) is 15.1 Å². The normalized spacial score (nSPS) is 15.4. The van der Waals surface area contributed by atoms with Gasteiger partial charge in [0.15, 0.2) is 0 Å². The smallest absolute Gasteiger partial charge is 0.271 e. The molecule has 2 aromatic carbocycles. The summed E-state index contributed by atoms with van der Waals surface area (Å²) in [5, 5.41) is 8.30. The van der Waals surface area contributed by atoms with Gasteiger partial charge in [0, 0.05) is 30.1 Å². The molecule has 166 valence electrons. The number of anilines is 1. The molecule has 1 saturated heterocycles. The number of nitrogens with zero attached hydrogens (tertiary/aromatic N) is 3. The van der Waals surface area contributed by atoms with Gasteiger partial charge in [0.05, 0.1) is 11.7 Å². The zero-order chi connectivity index (χ0) is 22.7. The number of rotatable bonds is 5. The van der Waals surface area contributed by atoms with Gasteiger partial charge in [0.1, 0.15) is 5.82 Å². The number of hydrogen-bond acceptors (Lipinski definition) is 4. The number of carbonyl (C=O) groups excluding carboxylic acids is 1. The summed E-state index contributed by atoms with van der Waals surface area (Å²) in [6, 6.07) is 18.7. The zero-order valence-electron chi connectivity index (χ0n) is 18.3. The molecule has 6 nitrogen and oxygen atoms in total. The molecule has 3 aromatic rings. The molecule has 1 atom stereocenters. The minimum atomic E-state index is -0.210. The monoisotopic (exact) mass is 450 g/mol. The lowest BCUT2D eigenvalue weighted by molar-refractivity contribution is -0.126. The fourth-order valence-corrected chi connectivity index (χ4v) is 4.17. The van der Waals surface area contributed by atoms with Gasteiger partial charge in [-0.3, -0.25) is 9.59 Å². The molecule has 4 rings (SSSR count). The molecule has 2 heterocycles. The maximum Gasteiger partial charge on any atom is 0.271 e. The molecule has 32 heavy (non-hydrogen) atoms. The topological polar surface area (TPSA) is 67.2 Å². The fraction of sp³-hybridized carbons (Fsp3) is 0.320. The van der Waals surface area contributed by atoms with Crippen LogP contribution in [-0.2, 0) is 4.79 Å². The Kier molecular flexibility index (Phi) is 6.61. The molecule has 0 radical (unpaired) electrons. The molecule has 1 aromatic heterocycles. The summed E-state index contributed by atoms with van der Waals surface area (Å²) < 4.78 is 1.38. The number of carbonyl (C=O) groups is 1. The van der Waals surface area contributed by atoms with Gasteiger partial charge < -0.3 is 10.2 Å². The molecule has 1 amide bonds. The van der Waals surface area contributed by atoms with E-state index in [-0.39, 0.29) is 23.4 Å². The van der Waals surface area contributed by atoms with Crippen molar-refractivity contribution in [2.75, 3.05) is 18.0 Å². The third-order valence-electron chi connectivity index (χ3n) is 6.03. The van der Waals surface area contributed by atoms with E-state index in [1.54, 1.807) is 12.1 Å². The first-order valence-electron chi connectivity index (χ1n) is 10.9. The van der Waals surface area contributed by atoms with Crippen LogP contribution >= 0.6 is 11.6 Å². The molecule has 1 fully saturated rings. The molecule has 7 heteroatoms. The van der Waals surface area contributed by atoms with Gasteiger partial charge in [-0.2, -0.15) is 4.68 Å². The first kappa shape index (κ1) is 22.1. The standard InChI is InChI=1S/C25H27ClN4O2/c1-17-8-9-21(16-22(17)26)30-24(31)11-10-23(28-30)29-14-12-20(13-15-29)25(32)27-18(2)19-6-4-3-5-7-19/h3-11,16,18,20H,12-15H2,1-2H3,(H,27,32)/t18-/m1/s1. The zero-order valence-corrected chi connectivity index (χ0v) is 19.0. The van der Waals surface area contributed by atoms with Gasteiger partial charge in [-0.15, -0.1) is 5.10 Å². The van der Waals surface area contributed by atoms with Crippen LogP contribution in [0.25, 0.3) is 5.69 Å². The minimum Gasteiger partial charge on any atom is -0.355 e. The quantitative estimate of drug-likeness (QED) is 0.629. The number of amides is 1. The van der Waals surface area contributed by atoms with E-state index in [2.05, 4.69) is 15.3 Å². The van der Waals surface area contributed by atoms with Crippen molar-refractivity contribution in [2.24, 2.45) is 5.92 Å². The highest BCUT2D eigenvalue weighted by atomic mass is 35.5. The molecule has 0 saturated carbocycles. The van der Waals surface area contributed by atoms with Crippen LogP contribution in [0.2, 0.25) is 5.02 Å². The molecule has 0 unspecified atom stereocenters. The van der Waals surface area contributed by atoms with Crippen LogP contribution in [0.4, 0.5) is 5.82 Å². The van der Waals surface area contributed by atoms with Crippen molar-refractivity contribution in [2.45, 2.75) is 32.7 Å². The maximum atomic E-state index is 12.8. The predicted molar refractivity (Wildman–Crippen MR) is 128 cm³/mol. The van der Waals surface area contributed by atoms with Crippen LogP contribution in [0.5, 0.6) is 0 Å². The van der Waals surface area contributed by atoms with Gasteiger partial charge in [-0.1, -0.05) is 48.0 Å². The second kappa shape index (κ2) is 9.57. The minimum absolute atomic E-state index is 0.0201. The Balaban J connectivity index is 1.41. The summed E-state index contributed by atoms with van der Waals surface area (Å²) in [6.07, 6.45) is 1.48. The molecular formula is C25H27ClN4O2. The van der Waals surface area contributed by atoms with Crippen molar-refractivity contribution < 1.29 is 4.79 Å². The number of piperidine rings is 1. The van der Waals surface area contributed by atoms with Crippen LogP contribution in [0, 0.1) is 12.8 Å². The van der Waals surface area contributed by atoms with Crippen molar-refractivity contribution in [3.05, 3.63) is 87.2 Å². The third-order valence-corrected chi connectivity index (χ3v) is 6.44. The Morgan fingerprint density at radius 3 is 2.50 bits per heavy atom. The van der Waals surface area contributed by atoms with Crippen LogP contribution in [0.1, 0.15) is 36.9 Å². The summed E-state index contributed by atoms with van der Waals surface area (Å²) in [5.74, 6) is 0.783. The van der Waals surface area contributed by atoms with Crippen molar-refractivity contribution >= 4 is 23.3 Å². The molecule has 1 N–H and O–H groups in total. The van der Waals surface area contributed by atoms with E-state index < -0.39 is 0 Å². The Hall–Kier alpha value is -3.12. The lowest BCUT2D eigenvalue weighted by Crippen LogP contribution is -2.42. The summed E-state index contributed by atoms with van der Waals surface area (Å²) >= 11 is 6.23. The Bertz CT molecular complexity index is 1150. The van der Waals surface area contributed by atoms with Crippen LogP contribution in [0.15, 0.2) is 65.5 Å². The van der Waals surface area contributed by atoms with E-state index in [1.165, 1.54) is 10.7 Å². The van der Waals surface area contributed by atoms with Gasteiger partial charge >= 0.3 is 0 Å². The number of halogens is 1. The van der Waals surface area contributed by atoms with Gasteiger partial charge in [0.2, 0.25) is 5.91 Å². The van der Waals surface area contributed by atoms with E-state index in [4.69, 9.17) is 11.6 Å². The lowest BCUT2D eigenvalue weighted by Gasteiger charge is -2.32. The fourth-order valence-electron chi connectivity index (χ4n) is 4.00. The van der Waals surface area contributed by atoms with Crippen molar-refractivity contribution in [3.63, 3.8) is 0 Å². The second-order valence-corrected chi connectivity index (χ2v) is 8.68. The molecule has 1 aliphatic rings. The largest absolute Gasteiger partial charge is 0.355 e. The third kappa shape index (κ3) is 4.86. The highest BCUT2D eigenvalue weighted by molar-refractivity contribution is 6.31. The van der Waals surface area contributed by atoms with E-state index in [9.17, 15) is 9.59 Å². The average molecular weight is 451 g/mol. The summed E-state index contributed by atoms with van der Waals surface area (Å²) in [7, 11) is 0. The first-order valence-corrected chi connectivity index (χ1v) is 11.3. The Labute approximate surface area is 192 Å². The molecule has 0 bridgehead atoms. The molecular weight excluding hydrogens is 424 g/mol. The highest BCUT2D eigenvalue weighted by Gasteiger charge is 2.27. The van der Waals surface area contributed by atoms with Crippen molar-refractivity contribution in [3.8, 4) is 5.69 Å². The Morgan fingerprint density at radius 1 is 1.09 bits per heavy atom. The van der Waals surface area contributed by atoms with E-state index in [0.29, 0.717) is 23.8 Å². The average Bonchev–Trinajstić information content (AvgIpc) is 2.82. The summed E-state index contributed by atoms with van der Waals surface area (Å²) in [5.41, 5.74) is 2.47. The van der Waals surface area contributed by atoms with Gasteiger partial charge in [-0.05, 0) is 56.0 Å². The van der Waals surface area contributed by atoms with E-state index >= 15 is 0 Å². The first-order chi connectivity index (χ1) is 15.4. The van der Waals surface area contributed by atoms with E-state index in [0.717, 1.165) is 29.8 Å². The lowest BCUT2D eigenvalue weighted by atomic mass is 9.95. The molecule has 0 spiro atoms. The Morgan fingerprint density at radius 2 is 1.81 bits per heavy atom. The van der Waals surface area contributed by atoms with Crippen LogP contribution < -0.4 is 15.8 Å². The number of aryl methyl sites for hydroxylation is 1. The second-order valence-electron chi connectivity index (χ2n) is 8.28. The van der Waals surface area contributed by atoms with Gasteiger partial charge in [-0.25, -0.2) is 0 Å². The number of benzene rings is 2. The number of nitrogens with one attached hydrogen (secondary N) is 1. The number of aromatic nitrogens is 2. The molecule has 1 aliphatic heterocycles. The number of hydrogen-bond donors (Lipinski definition) is 1. The highest BCUT2D eigenvalue weighted by Crippen LogP contribution is 2.24. The molecule has 0 aliphatic carbocycles. The predicted octanol–water partition coefficient (Wildman–Crippen LogP) is 4.29. The van der Waals surface area contributed by atoms with Crippen LogP contribution in [-0.4, -0.2) is 28.8 Å². The van der Waals surface area contributed by atoms with E-state index in [1.807, 2.05) is 56.3 Å². The SMILES string of the molecule is Cc1ccc(-n2nc(N3CCC(C(=O)N[C@H](C)c4ccccc4)CC3)ccc2=O)cc1Cl. The van der Waals surface area contributed by atoms with Crippen molar-refractivity contribution in [1.29, 1.82) is 0 Å². The van der Waals surface area contributed by atoms with Gasteiger partial charge in [0.25, 0.3) is 5.56 Å². The summed E-state index contributed by atoms with van der Waals surface area (Å²) in [6.45, 7) is 5.34.